The molecular weight excluding hydrogens is 311 g/mol. The van der Waals surface area contributed by atoms with Gasteiger partial charge in [-0.3, -0.25) is 14.5 Å². The van der Waals surface area contributed by atoms with Crippen molar-refractivity contribution in [2.24, 2.45) is 0 Å². The molecule has 1 aromatic rings. The predicted octanol–water partition coefficient (Wildman–Crippen LogP) is 0.541. The summed E-state index contributed by atoms with van der Waals surface area (Å²) in [5.41, 5.74) is 0.866. The van der Waals surface area contributed by atoms with Crippen LogP contribution >= 0.6 is 0 Å². The van der Waals surface area contributed by atoms with E-state index in [9.17, 15) is 14.0 Å². The van der Waals surface area contributed by atoms with E-state index < -0.39 is 0 Å². The Bertz CT molecular complexity index is 578. The van der Waals surface area contributed by atoms with E-state index in [0.29, 0.717) is 32.6 Å². The van der Waals surface area contributed by atoms with Gasteiger partial charge in [-0.1, -0.05) is 0 Å². The van der Waals surface area contributed by atoms with Gasteiger partial charge in [0.05, 0.1) is 0 Å². The smallest absolute Gasteiger partial charge is 0.238 e. The standard InChI is InChI=1S/C17H25FN4O2/c1-19-17(24)15-12-22(11-10-21(15)3)16(23)8-9-20(2)14-6-4-13(18)5-7-14/h4-7,15H,8-12H2,1-3H3,(H,19,24)/t15-/m1/s1. The fraction of sp³-hybridized carbons (Fsp3) is 0.529. The Morgan fingerprint density at radius 1 is 1.29 bits per heavy atom. The summed E-state index contributed by atoms with van der Waals surface area (Å²) in [4.78, 5) is 30.0. The van der Waals surface area contributed by atoms with Crippen molar-refractivity contribution >= 4 is 17.5 Å². The van der Waals surface area contributed by atoms with Crippen molar-refractivity contribution in [1.29, 1.82) is 0 Å². The molecule has 1 aromatic carbocycles. The van der Waals surface area contributed by atoms with Crippen molar-refractivity contribution < 1.29 is 14.0 Å². The molecule has 1 fully saturated rings. The third-order valence-electron chi connectivity index (χ3n) is 4.48. The van der Waals surface area contributed by atoms with Crippen LogP contribution in [-0.2, 0) is 9.59 Å². The van der Waals surface area contributed by atoms with E-state index >= 15 is 0 Å². The Balaban J connectivity index is 1.87. The van der Waals surface area contributed by atoms with Gasteiger partial charge < -0.3 is 15.1 Å². The quantitative estimate of drug-likeness (QED) is 0.853. The lowest BCUT2D eigenvalue weighted by Gasteiger charge is -2.38. The highest BCUT2D eigenvalue weighted by Crippen LogP contribution is 2.14. The van der Waals surface area contributed by atoms with Gasteiger partial charge in [-0.25, -0.2) is 4.39 Å². The molecule has 24 heavy (non-hydrogen) atoms. The molecule has 132 valence electrons. The summed E-state index contributed by atoms with van der Waals surface area (Å²) in [6, 6.07) is 5.89. The number of piperazine rings is 1. The van der Waals surface area contributed by atoms with E-state index in [0.717, 1.165) is 5.69 Å². The zero-order chi connectivity index (χ0) is 17.7. The number of benzene rings is 1. The highest BCUT2D eigenvalue weighted by molar-refractivity contribution is 5.83. The number of nitrogens with zero attached hydrogens (tertiary/aromatic N) is 3. The van der Waals surface area contributed by atoms with Crippen molar-refractivity contribution in [3.8, 4) is 0 Å². The molecule has 1 saturated heterocycles. The molecule has 0 saturated carbocycles. The molecule has 0 aliphatic carbocycles. The van der Waals surface area contributed by atoms with Gasteiger partial charge in [0, 0.05) is 52.4 Å². The first-order chi connectivity index (χ1) is 11.4. The normalized spacial score (nSPS) is 18.3. The molecular formula is C17H25FN4O2. The SMILES string of the molecule is CNC(=O)[C@H]1CN(C(=O)CCN(C)c2ccc(F)cc2)CCN1C. The molecule has 2 amide bonds. The maximum atomic E-state index is 13.0. The van der Waals surface area contributed by atoms with Crippen LogP contribution in [-0.4, -0.2) is 75.0 Å². The Morgan fingerprint density at radius 3 is 2.58 bits per heavy atom. The van der Waals surface area contributed by atoms with E-state index in [1.54, 1.807) is 24.1 Å². The van der Waals surface area contributed by atoms with Crippen LogP contribution < -0.4 is 10.2 Å². The lowest BCUT2D eigenvalue weighted by Crippen LogP contribution is -2.58. The molecule has 0 radical (unpaired) electrons. The largest absolute Gasteiger partial charge is 0.374 e. The van der Waals surface area contributed by atoms with Crippen LogP contribution in [0.25, 0.3) is 0 Å². The van der Waals surface area contributed by atoms with Crippen molar-refractivity contribution in [3.05, 3.63) is 30.1 Å². The molecule has 6 nitrogen and oxygen atoms in total. The van der Waals surface area contributed by atoms with Gasteiger partial charge in [0.1, 0.15) is 11.9 Å². The van der Waals surface area contributed by atoms with Gasteiger partial charge in [-0.2, -0.15) is 0 Å². The number of nitrogens with one attached hydrogen (secondary N) is 1. The van der Waals surface area contributed by atoms with Crippen LogP contribution in [0.5, 0.6) is 0 Å². The second kappa shape index (κ2) is 8.10. The number of rotatable bonds is 5. The fourth-order valence-corrected chi connectivity index (χ4v) is 2.80. The molecule has 1 N–H and O–H groups in total. The Labute approximate surface area is 142 Å². The minimum absolute atomic E-state index is 0.0333. The summed E-state index contributed by atoms with van der Waals surface area (Å²) in [6.07, 6.45) is 0.359. The van der Waals surface area contributed by atoms with Crippen molar-refractivity contribution in [2.45, 2.75) is 12.5 Å². The average molecular weight is 336 g/mol. The number of hydrogen-bond acceptors (Lipinski definition) is 4. The summed E-state index contributed by atoms with van der Waals surface area (Å²) < 4.78 is 13.0. The van der Waals surface area contributed by atoms with Crippen molar-refractivity contribution in [1.82, 2.24) is 15.1 Å². The lowest BCUT2D eigenvalue weighted by molar-refractivity contribution is -0.137. The molecule has 2 rings (SSSR count). The van der Waals surface area contributed by atoms with E-state index in [2.05, 4.69) is 5.32 Å². The Kier molecular flexibility index (Phi) is 6.14. The first-order valence-corrected chi connectivity index (χ1v) is 8.08. The van der Waals surface area contributed by atoms with Crippen LogP contribution in [0.4, 0.5) is 10.1 Å². The van der Waals surface area contributed by atoms with Gasteiger partial charge in [0.2, 0.25) is 11.8 Å². The van der Waals surface area contributed by atoms with E-state index in [1.165, 1.54) is 12.1 Å². The Hall–Kier alpha value is -2.15. The topological polar surface area (TPSA) is 55.9 Å². The summed E-state index contributed by atoms with van der Waals surface area (Å²) in [5.74, 6) is -0.315. The Morgan fingerprint density at radius 2 is 1.96 bits per heavy atom. The molecule has 1 aliphatic heterocycles. The van der Waals surface area contributed by atoms with Crippen LogP contribution in [0.2, 0.25) is 0 Å². The second-order valence-corrected chi connectivity index (χ2v) is 6.10. The number of amides is 2. The minimum Gasteiger partial charge on any atom is -0.374 e. The van der Waals surface area contributed by atoms with E-state index in [4.69, 9.17) is 0 Å². The average Bonchev–Trinajstić information content (AvgIpc) is 2.59. The zero-order valence-electron chi connectivity index (χ0n) is 14.5. The van der Waals surface area contributed by atoms with Gasteiger partial charge in [0.25, 0.3) is 0 Å². The second-order valence-electron chi connectivity index (χ2n) is 6.10. The molecule has 0 unspecified atom stereocenters. The minimum atomic E-state index is -0.303. The maximum absolute atomic E-state index is 13.0. The highest BCUT2D eigenvalue weighted by atomic mass is 19.1. The maximum Gasteiger partial charge on any atom is 0.238 e. The highest BCUT2D eigenvalue weighted by Gasteiger charge is 2.31. The summed E-state index contributed by atoms with van der Waals surface area (Å²) in [6.45, 7) is 2.26. The van der Waals surface area contributed by atoms with E-state index in [-0.39, 0.29) is 23.7 Å². The van der Waals surface area contributed by atoms with Crippen LogP contribution in [0.15, 0.2) is 24.3 Å². The third kappa shape index (κ3) is 4.44. The first-order valence-electron chi connectivity index (χ1n) is 8.08. The molecule has 1 atom stereocenters. The monoisotopic (exact) mass is 336 g/mol. The number of anilines is 1. The summed E-state index contributed by atoms with van der Waals surface area (Å²) >= 11 is 0. The van der Waals surface area contributed by atoms with Gasteiger partial charge in [0.15, 0.2) is 0 Å². The molecule has 0 bridgehead atoms. The number of carbonyl (C=O) groups excluding carboxylic acids is 2. The lowest BCUT2D eigenvalue weighted by atomic mass is 10.1. The van der Waals surface area contributed by atoms with Gasteiger partial charge in [-0.15, -0.1) is 0 Å². The van der Waals surface area contributed by atoms with Crippen molar-refractivity contribution in [3.63, 3.8) is 0 Å². The number of carbonyl (C=O) groups is 2. The molecule has 0 aromatic heterocycles. The van der Waals surface area contributed by atoms with Crippen LogP contribution in [0.1, 0.15) is 6.42 Å². The fourth-order valence-electron chi connectivity index (χ4n) is 2.80. The number of hydrogen-bond donors (Lipinski definition) is 1. The van der Waals surface area contributed by atoms with Crippen LogP contribution in [0, 0.1) is 5.82 Å². The number of likely N-dealkylation sites (N-methyl/N-ethyl adjacent to an activating group) is 2. The van der Waals surface area contributed by atoms with Gasteiger partial charge >= 0.3 is 0 Å². The number of halogens is 1. The van der Waals surface area contributed by atoms with Crippen molar-refractivity contribution in [2.75, 3.05) is 52.2 Å². The third-order valence-corrected chi connectivity index (χ3v) is 4.48. The summed E-state index contributed by atoms with van der Waals surface area (Å²) in [5, 5.41) is 2.64. The molecule has 7 heteroatoms. The molecule has 1 aliphatic rings. The zero-order valence-corrected chi connectivity index (χ0v) is 14.5. The summed E-state index contributed by atoms with van der Waals surface area (Å²) in [7, 11) is 5.37. The van der Waals surface area contributed by atoms with Gasteiger partial charge in [-0.05, 0) is 31.3 Å². The van der Waals surface area contributed by atoms with E-state index in [1.807, 2.05) is 23.9 Å². The predicted molar refractivity (Wildman–Crippen MR) is 91.4 cm³/mol. The molecule has 0 spiro atoms. The molecule has 1 heterocycles. The first kappa shape index (κ1) is 18.2. The van der Waals surface area contributed by atoms with Crippen LogP contribution in [0.3, 0.4) is 0 Å².